The van der Waals surface area contributed by atoms with Gasteiger partial charge in [-0.25, -0.2) is 0 Å². The lowest BCUT2D eigenvalue weighted by Crippen LogP contribution is -2.24. The fraction of sp³-hybridized carbons (Fsp3) is 0.500. The summed E-state index contributed by atoms with van der Waals surface area (Å²) in [7, 11) is 0. The number of rotatable bonds is 3. The summed E-state index contributed by atoms with van der Waals surface area (Å²) in [5, 5.41) is 9.18. The third-order valence-corrected chi connectivity index (χ3v) is 2.35. The van der Waals surface area contributed by atoms with Crippen molar-refractivity contribution in [1.29, 1.82) is 0 Å². The van der Waals surface area contributed by atoms with Crippen molar-refractivity contribution >= 4 is 5.97 Å². The van der Waals surface area contributed by atoms with E-state index >= 15 is 0 Å². The minimum absolute atomic E-state index is 0.0884. The number of phenolic OH excluding ortho intramolecular Hbond substituents is 1. The highest BCUT2D eigenvalue weighted by atomic mass is 16.6. The zero-order valence-corrected chi connectivity index (χ0v) is 10.9. The van der Waals surface area contributed by atoms with Crippen LogP contribution >= 0.6 is 0 Å². The Hall–Kier alpha value is -1.51. The fourth-order valence-electron chi connectivity index (χ4n) is 1.55. The summed E-state index contributed by atoms with van der Waals surface area (Å²) >= 11 is 0. The maximum absolute atomic E-state index is 11.6. The molecule has 0 saturated carbocycles. The van der Waals surface area contributed by atoms with Crippen molar-refractivity contribution in [3.05, 3.63) is 29.8 Å². The predicted octanol–water partition coefficient (Wildman–Crippen LogP) is 3.23. The van der Waals surface area contributed by atoms with E-state index in [2.05, 4.69) is 0 Å². The van der Waals surface area contributed by atoms with Crippen molar-refractivity contribution in [2.75, 3.05) is 0 Å². The first-order chi connectivity index (χ1) is 7.78. The smallest absolute Gasteiger partial charge is 0.306 e. The van der Waals surface area contributed by atoms with Gasteiger partial charge in [0.1, 0.15) is 11.4 Å². The highest BCUT2D eigenvalue weighted by molar-refractivity contribution is 5.71. The van der Waals surface area contributed by atoms with Gasteiger partial charge in [0.15, 0.2) is 0 Å². The molecule has 1 aromatic carbocycles. The first-order valence-corrected chi connectivity index (χ1v) is 5.79. The highest BCUT2D eigenvalue weighted by Crippen LogP contribution is 2.22. The molecule has 1 aromatic rings. The van der Waals surface area contributed by atoms with Gasteiger partial charge in [-0.1, -0.05) is 19.1 Å². The van der Waals surface area contributed by atoms with Crippen LogP contribution in [0.1, 0.15) is 45.6 Å². The van der Waals surface area contributed by atoms with Crippen LogP contribution < -0.4 is 0 Å². The second-order valence-corrected chi connectivity index (χ2v) is 5.28. The molecule has 3 heteroatoms. The number of aromatic hydroxyl groups is 1. The Morgan fingerprint density at radius 3 is 2.29 bits per heavy atom. The van der Waals surface area contributed by atoms with E-state index in [1.54, 1.807) is 12.1 Å². The van der Waals surface area contributed by atoms with Crippen molar-refractivity contribution in [2.45, 2.75) is 45.6 Å². The maximum atomic E-state index is 11.6. The molecule has 3 nitrogen and oxygen atoms in total. The van der Waals surface area contributed by atoms with Gasteiger partial charge in [0.2, 0.25) is 0 Å². The molecule has 0 aromatic heterocycles. The SMILES string of the molecule is C[C@H](CC(=O)OC(C)(C)C)c1ccc(O)cc1. The Kier molecular flexibility index (Phi) is 4.16. The van der Waals surface area contributed by atoms with E-state index in [9.17, 15) is 9.90 Å². The molecule has 0 spiro atoms. The van der Waals surface area contributed by atoms with Crippen LogP contribution in [0.3, 0.4) is 0 Å². The molecule has 0 saturated heterocycles. The molecule has 1 rings (SSSR count). The number of benzene rings is 1. The summed E-state index contributed by atoms with van der Waals surface area (Å²) < 4.78 is 5.27. The van der Waals surface area contributed by atoms with E-state index in [0.29, 0.717) is 6.42 Å². The van der Waals surface area contributed by atoms with Crippen LogP contribution in [0.25, 0.3) is 0 Å². The molecule has 0 aliphatic carbocycles. The van der Waals surface area contributed by atoms with Gasteiger partial charge in [0.05, 0.1) is 6.42 Å². The lowest BCUT2D eigenvalue weighted by Gasteiger charge is -2.21. The lowest BCUT2D eigenvalue weighted by molar-refractivity contribution is -0.155. The first-order valence-electron chi connectivity index (χ1n) is 5.79. The second-order valence-electron chi connectivity index (χ2n) is 5.28. The van der Waals surface area contributed by atoms with Crippen LogP contribution in [0.2, 0.25) is 0 Å². The zero-order valence-electron chi connectivity index (χ0n) is 10.9. The highest BCUT2D eigenvalue weighted by Gasteiger charge is 2.19. The summed E-state index contributed by atoms with van der Waals surface area (Å²) in [6, 6.07) is 6.90. The first kappa shape index (κ1) is 13.6. The average molecular weight is 236 g/mol. The Labute approximate surface area is 102 Å². The van der Waals surface area contributed by atoms with E-state index in [1.165, 1.54) is 0 Å². The fourth-order valence-corrected chi connectivity index (χ4v) is 1.55. The summed E-state index contributed by atoms with van der Waals surface area (Å²) in [4.78, 5) is 11.6. The van der Waals surface area contributed by atoms with Crippen LogP contribution in [0, 0.1) is 0 Å². The summed E-state index contributed by atoms with van der Waals surface area (Å²) in [5.74, 6) is 0.127. The summed E-state index contributed by atoms with van der Waals surface area (Å²) in [5.41, 5.74) is 0.583. The van der Waals surface area contributed by atoms with Crippen molar-refractivity contribution in [2.24, 2.45) is 0 Å². The molecule has 0 unspecified atom stereocenters. The van der Waals surface area contributed by atoms with E-state index in [4.69, 9.17) is 4.74 Å². The Bertz CT molecular complexity index is 373. The molecule has 0 amide bonds. The Morgan fingerprint density at radius 2 is 1.82 bits per heavy atom. The van der Waals surface area contributed by atoms with Gasteiger partial charge >= 0.3 is 5.97 Å². The summed E-state index contributed by atoms with van der Waals surface area (Å²) in [6.07, 6.45) is 0.349. The minimum atomic E-state index is -0.439. The van der Waals surface area contributed by atoms with Crippen LogP contribution in [-0.2, 0) is 9.53 Å². The van der Waals surface area contributed by atoms with Crippen LogP contribution in [0.15, 0.2) is 24.3 Å². The largest absolute Gasteiger partial charge is 0.508 e. The molecule has 0 aliphatic rings. The molecule has 0 radical (unpaired) electrons. The van der Waals surface area contributed by atoms with E-state index in [0.717, 1.165) is 5.56 Å². The minimum Gasteiger partial charge on any atom is -0.508 e. The van der Waals surface area contributed by atoms with Gasteiger partial charge in [-0.15, -0.1) is 0 Å². The van der Waals surface area contributed by atoms with Crippen LogP contribution in [0.4, 0.5) is 0 Å². The third-order valence-electron chi connectivity index (χ3n) is 2.35. The number of esters is 1. The van der Waals surface area contributed by atoms with E-state index in [-0.39, 0.29) is 17.6 Å². The normalized spacial score (nSPS) is 13.2. The van der Waals surface area contributed by atoms with Gasteiger partial charge in [0.25, 0.3) is 0 Å². The number of hydrogen-bond donors (Lipinski definition) is 1. The van der Waals surface area contributed by atoms with Crippen molar-refractivity contribution in [3.63, 3.8) is 0 Å². The molecular weight excluding hydrogens is 216 g/mol. The molecular formula is C14H20O3. The van der Waals surface area contributed by atoms with Crippen molar-refractivity contribution in [3.8, 4) is 5.75 Å². The van der Waals surface area contributed by atoms with Gasteiger partial charge in [-0.05, 0) is 44.4 Å². The molecule has 0 heterocycles. The number of carbonyl (C=O) groups is 1. The van der Waals surface area contributed by atoms with Crippen LogP contribution in [0.5, 0.6) is 5.75 Å². The topological polar surface area (TPSA) is 46.5 Å². The quantitative estimate of drug-likeness (QED) is 0.819. The lowest BCUT2D eigenvalue weighted by atomic mass is 9.98. The predicted molar refractivity (Wildman–Crippen MR) is 67.0 cm³/mol. The standard InChI is InChI=1S/C14H20O3/c1-10(9-13(16)17-14(2,3)4)11-5-7-12(15)8-6-11/h5-8,10,15H,9H2,1-4H3/t10-/m1/s1. The Morgan fingerprint density at radius 1 is 1.29 bits per heavy atom. The maximum Gasteiger partial charge on any atom is 0.306 e. The molecule has 17 heavy (non-hydrogen) atoms. The second kappa shape index (κ2) is 5.21. The molecule has 0 aliphatic heterocycles. The number of phenols is 1. The number of ether oxygens (including phenoxy) is 1. The summed E-state index contributed by atoms with van der Waals surface area (Å²) in [6.45, 7) is 7.54. The molecule has 94 valence electrons. The number of carbonyl (C=O) groups excluding carboxylic acids is 1. The monoisotopic (exact) mass is 236 g/mol. The van der Waals surface area contributed by atoms with Crippen molar-refractivity contribution < 1.29 is 14.6 Å². The molecule has 0 fully saturated rings. The van der Waals surface area contributed by atoms with Gasteiger partial charge < -0.3 is 9.84 Å². The molecule has 1 N–H and O–H groups in total. The van der Waals surface area contributed by atoms with Gasteiger partial charge in [-0.2, -0.15) is 0 Å². The molecule has 0 bridgehead atoms. The van der Waals surface area contributed by atoms with Crippen molar-refractivity contribution in [1.82, 2.24) is 0 Å². The van der Waals surface area contributed by atoms with E-state index in [1.807, 2.05) is 39.8 Å². The number of hydrogen-bond acceptors (Lipinski definition) is 3. The third kappa shape index (κ3) is 4.89. The van der Waals surface area contributed by atoms with E-state index < -0.39 is 5.60 Å². The average Bonchev–Trinajstić information content (AvgIpc) is 2.15. The van der Waals surface area contributed by atoms with Gasteiger partial charge in [-0.3, -0.25) is 4.79 Å². The van der Waals surface area contributed by atoms with Gasteiger partial charge in [0, 0.05) is 0 Å². The van der Waals surface area contributed by atoms with Crippen LogP contribution in [-0.4, -0.2) is 16.7 Å². The Balaban J connectivity index is 2.57. The molecule has 1 atom stereocenters. The zero-order chi connectivity index (χ0) is 13.1.